The summed E-state index contributed by atoms with van der Waals surface area (Å²) < 4.78 is 12.8. The first-order valence-corrected chi connectivity index (χ1v) is 11.4. The minimum atomic E-state index is -0.798. The number of rotatable bonds is 9. The van der Waals surface area contributed by atoms with E-state index in [1.807, 2.05) is 25.3 Å². The molecule has 12 nitrogen and oxygen atoms in total. The minimum Gasteiger partial charge on any atom is -0.501 e. The number of ether oxygens (including phenoxy) is 1. The first-order valence-electron chi connectivity index (χ1n) is 11.4. The van der Waals surface area contributed by atoms with Gasteiger partial charge in [-0.2, -0.15) is 10.4 Å². The predicted molar refractivity (Wildman–Crippen MR) is 131 cm³/mol. The van der Waals surface area contributed by atoms with Gasteiger partial charge in [0.2, 0.25) is 5.75 Å². The monoisotopic (exact) mass is 503 g/mol. The highest BCUT2D eigenvalue weighted by Crippen LogP contribution is 2.39. The van der Waals surface area contributed by atoms with E-state index >= 15 is 0 Å². The predicted octanol–water partition coefficient (Wildman–Crippen LogP) is 2.38. The number of carbonyl (C=O) groups is 1. The molecule has 0 aliphatic rings. The van der Waals surface area contributed by atoms with E-state index in [1.54, 1.807) is 30.1 Å². The van der Waals surface area contributed by atoms with Crippen molar-refractivity contribution in [3.63, 3.8) is 0 Å². The molecule has 1 aromatic carbocycles. The molecule has 2 N–H and O–H groups in total. The summed E-state index contributed by atoms with van der Waals surface area (Å²) in [5.41, 5.74) is 0.972. The van der Waals surface area contributed by atoms with Crippen LogP contribution in [0.1, 0.15) is 51.8 Å². The molecular weight excluding hydrogens is 478 g/mol. The number of hydrogen-bond acceptors (Lipinski definition) is 9. The quantitative estimate of drug-likeness (QED) is 0.349. The third-order valence-electron chi connectivity index (χ3n) is 6.07. The fraction of sp³-hybridized carbons (Fsp3) is 0.280. The van der Waals surface area contributed by atoms with E-state index in [-0.39, 0.29) is 11.5 Å². The third kappa shape index (κ3) is 5.12. The largest absolute Gasteiger partial charge is 0.501 e. The molecule has 0 bridgehead atoms. The second-order valence-electron chi connectivity index (χ2n) is 8.39. The van der Waals surface area contributed by atoms with Crippen molar-refractivity contribution in [3.05, 3.63) is 87.7 Å². The van der Waals surface area contributed by atoms with E-state index in [9.17, 15) is 20.0 Å². The van der Waals surface area contributed by atoms with Crippen LogP contribution in [0, 0.1) is 11.3 Å². The molecule has 0 spiro atoms. The van der Waals surface area contributed by atoms with Gasteiger partial charge in [0.25, 0.3) is 11.5 Å². The summed E-state index contributed by atoms with van der Waals surface area (Å²) in [6.07, 6.45) is 6.03. The van der Waals surface area contributed by atoms with Crippen LogP contribution < -0.4 is 10.9 Å². The van der Waals surface area contributed by atoms with Gasteiger partial charge in [-0.05, 0) is 17.2 Å². The number of nitriles is 1. The summed E-state index contributed by atoms with van der Waals surface area (Å²) in [5.74, 6) is -2.32. The lowest BCUT2D eigenvalue weighted by molar-refractivity contribution is 0.101. The molecule has 2 atom stereocenters. The standard InChI is InChI=1S/C25H25N7O5/c1-15(23-30-21(22(33)25(35)31(23)2)24(34)29-18-12-28-37-14-18)20(19-7-5-4-6-16(19)10-26)17-11-27-32(13-17)8-9-36-3/h4-7,11-15,20,33H,8-9H2,1-3H3,(H,29,34). The number of aromatic nitrogens is 5. The maximum absolute atomic E-state index is 12.9. The lowest BCUT2D eigenvalue weighted by Gasteiger charge is -2.26. The van der Waals surface area contributed by atoms with Gasteiger partial charge >= 0.3 is 0 Å². The molecule has 0 aliphatic heterocycles. The van der Waals surface area contributed by atoms with Crippen molar-refractivity contribution < 1.29 is 19.2 Å². The highest BCUT2D eigenvalue weighted by atomic mass is 16.5. The van der Waals surface area contributed by atoms with E-state index < -0.39 is 34.7 Å². The Bertz CT molecular complexity index is 1500. The van der Waals surface area contributed by atoms with Crippen molar-refractivity contribution in [2.24, 2.45) is 7.05 Å². The van der Waals surface area contributed by atoms with Gasteiger partial charge in [-0.25, -0.2) is 4.98 Å². The van der Waals surface area contributed by atoms with E-state index in [2.05, 4.69) is 26.6 Å². The number of hydrogen-bond donors (Lipinski definition) is 2. The number of anilines is 1. The van der Waals surface area contributed by atoms with Gasteiger partial charge in [0.1, 0.15) is 17.8 Å². The van der Waals surface area contributed by atoms with Gasteiger partial charge in [-0.15, -0.1) is 0 Å². The average molecular weight is 504 g/mol. The summed E-state index contributed by atoms with van der Waals surface area (Å²) >= 11 is 0. The van der Waals surface area contributed by atoms with E-state index in [0.29, 0.717) is 24.3 Å². The van der Waals surface area contributed by atoms with Crippen LogP contribution in [0.2, 0.25) is 0 Å². The van der Waals surface area contributed by atoms with Crippen LogP contribution in [-0.4, -0.2) is 49.2 Å². The zero-order valence-corrected chi connectivity index (χ0v) is 20.5. The second-order valence-corrected chi connectivity index (χ2v) is 8.39. The van der Waals surface area contributed by atoms with Crippen molar-refractivity contribution in [1.29, 1.82) is 5.26 Å². The van der Waals surface area contributed by atoms with E-state index in [1.165, 1.54) is 24.1 Å². The fourth-order valence-corrected chi connectivity index (χ4v) is 4.23. The van der Waals surface area contributed by atoms with Crippen LogP contribution in [0.4, 0.5) is 5.69 Å². The van der Waals surface area contributed by atoms with E-state index in [4.69, 9.17) is 9.26 Å². The highest BCUT2D eigenvalue weighted by molar-refractivity contribution is 6.04. The van der Waals surface area contributed by atoms with Gasteiger partial charge < -0.3 is 19.7 Å². The van der Waals surface area contributed by atoms with Crippen molar-refractivity contribution in [2.45, 2.75) is 25.3 Å². The number of aromatic hydroxyl groups is 1. The Balaban J connectivity index is 1.83. The van der Waals surface area contributed by atoms with Crippen LogP contribution in [0.15, 0.2) is 58.4 Å². The van der Waals surface area contributed by atoms with Crippen LogP contribution >= 0.6 is 0 Å². The molecule has 3 heterocycles. The van der Waals surface area contributed by atoms with Crippen LogP contribution in [0.5, 0.6) is 5.75 Å². The van der Waals surface area contributed by atoms with Crippen molar-refractivity contribution >= 4 is 11.6 Å². The number of amides is 1. The zero-order chi connectivity index (χ0) is 26.5. The summed E-state index contributed by atoms with van der Waals surface area (Å²) in [5, 5.41) is 30.7. The van der Waals surface area contributed by atoms with Crippen LogP contribution in [-0.2, 0) is 18.3 Å². The van der Waals surface area contributed by atoms with Gasteiger partial charge in [0, 0.05) is 32.2 Å². The molecule has 0 saturated heterocycles. The molecule has 37 heavy (non-hydrogen) atoms. The Hall–Kier alpha value is -4.76. The average Bonchev–Trinajstić information content (AvgIpc) is 3.59. The zero-order valence-electron chi connectivity index (χ0n) is 20.5. The van der Waals surface area contributed by atoms with E-state index in [0.717, 1.165) is 5.56 Å². The number of nitrogens with one attached hydrogen (secondary N) is 1. The Morgan fingerprint density at radius 1 is 1.32 bits per heavy atom. The minimum absolute atomic E-state index is 0.237. The lowest BCUT2D eigenvalue weighted by atomic mass is 9.80. The van der Waals surface area contributed by atoms with Crippen molar-refractivity contribution in [2.75, 3.05) is 19.0 Å². The van der Waals surface area contributed by atoms with Gasteiger partial charge in [-0.1, -0.05) is 30.3 Å². The lowest BCUT2D eigenvalue weighted by Crippen LogP contribution is -2.29. The summed E-state index contributed by atoms with van der Waals surface area (Å²) in [4.78, 5) is 30.2. The van der Waals surface area contributed by atoms with Crippen LogP contribution in [0.3, 0.4) is 0 Å². The molecule has 0 fully saturated rings. The molecule has 3 aromatic heterocycles. The number of nitrogens with zero attached hydrogens (tertiary/aromatic N) is 6. The summed E-state index contributed by atoms with van der Waals surface area (Å²) in [6, 6.07) is 9.38. The Morgan fingerprint density at radius 3 is 2.81 bits per heavy atom. The number of carbonyl (C=O) groups excluding carboxylic acids is 1. The Morgan fingerprint density at radius 2 is 2.11 bits per heavy atom. The normalized spacial score (nSPS) is 12.6. The fourth-order valence-electron chi connectivity index (χ4n) is 4.23. The Labute approximate surface area is 211 Å². The third-order valence-corrected chi connectivity index (χ3v) is 6.07. The maximum Gasteiger partial charge on any atom is 0.296 e. The molecule has 1 amide bonds. The number of methoxy groups -OCH3 is 1. The summed E-state index contributed by atoms with van der Waals surface area (Å²) in [6.45, 7) is 2.83. The molecule has 190 valence electrons. The Kier molecular flexibility index (Phi) is 7.45. The SMILES string of the molecule is COCCn1cc(C(c2ccccc2C#N)C(C)c2nc(C(=O)Nc3cnoc3)c(O)c(=O)n2C)cn1. The molecule has 0 saturated carbocycles. The van der Waals surface area contributed by atoms with Crippen molar-refractivity contribution in [1.82, 2.24) is 24.5 Å². The highest BCUT2D eigenvalue weighted by Gasteiger charge is 2.31. The number of benzene rings is 1. The molecule has 4 aromatic rings. The maximum atomic E-state index is 12.9. The second kappa shape index (κ2) is 10.9. The topological polar surface area (TPSA) is 161 Å². The first-order chi connectivity index (χ1) is 17.8. The van der Waals surface area contributed by atoms with Gasteiger partial charge in [0.05, 0.1) is 37.2 Å². The molecule has 4 rings (SSSR count). The van der Waals surface area contributed by atoms with Gasteiger partial charge in [-0.3, -0.25) is 18.8 Å². The molecule has 2 unspecified atom stereocenters. The molecule has 0 aliphatic carbocycles. The van der Waals surface area contributed by atoms with Crippen LogP contribution in [0.25, 0.3) is 0 Å². The molecule has 12 heteroatoms. The molecular formula is C25H25N7O5. The molecule has 0 radical (unpaired) electrons. The van der Waals surface area contributed by atoms with Crippen molar-refractivity contribution in [3.8, 4) is 11.8 Å². The smallest absolute Gasteiger partial charge is 0.296 e. The summed E-state index contributed by atoms with van der Waals surface area (Å²) in [7, 11) is 3.07. The van der Waals surface area contributed by atoms with Gasteiger partial charge in [0.15, 0.2) is 5.69 Å². The first kappa shape index (κ1) is 25.3.